The van der Waals surface area contributed by atoms with Gasteiger partial charge in [0.05, 0.1) is 29.3 Å². The summed E-state index contributed by atoms with van der Waals surface area (Å²) in [4.78, 5) is 4.24. The topological polar surface area (TPSA) is 45.9 Å². The predicted molar refractivity (Wildman–Crippen MR) is 111 cm³/mol. The monoisotopic (exact) mass is 412 g/mol. The maximum Gasteiger partial charge on any atom is 0.419 e. The van der Waals surface area contributed by atoms with Crippen molar-refractivity contribution in [3.63, 3.8) is 0 Å². The Balaban J connectivity index is 2.00. The minimum atomic E-state index is -4.54. The van der Waals surface area contributed by atoms with Gasteiger partial charge in [0.2, 0.25) is 0 Å². The lowest BCUT2D eigenvalue weighted by atomic mass is 9.98. The first-order chi connectivity index (χ1) is 14.2. The zero-order valence-corrected chi connectivity index (χ0v) is 17.1. The molecule has 0 aliphatic heterocycles. The van der Waals surface area contributed by atoms with Crippen LogP contribution in [0.25, 0.3) is 22.0 Å². The molecular formula is C24H23F3N2O. The van der Waals surface area contributed by atoms with E-state index in [-0.39, 0.29) is 18.3 Å². The highest BCUT2D eigenvalue weighted by Crippen LogP contribution is 2.40. The maximum absolute atomic E-state index is 13.8. The number of hydrogen-bond donors (Lipinski definition) is 0. The van der Waals surface area contributed by atoms with Gasteiger partial charge >= 0.3 is 6.18 Å². The van der Waals surface area contributed by atoms with Gasteiger partial charge in [0, 0.05) is 11.6 Å². The van der Waals surface area contributed by atoms with Gasteiger partial charge in [-0.1, -0.05) is 32.9 Å². The SMILES string of the molecule is CC(C)C[C@@H](C)COc1ccc(-c2ccnc3cc(C#N)ccc23)cc1C(F)(F)F. The van der Waals surface area contributed by atoms with E-state index in [1.807, 2.05) is 13.0 Å². The summed E-state index contributed by atoms with van der Waals surface area (Å²) in [6, 6.07) is 12.8. The Morgan fingerprint density at radius 3 is 2.50 bits per heavy atom. The Morgan fingerprint density at radius 2 is 1.83 bits per heavy atom. The van der Waals surface area contributed by atoms with Crippen LogP contribution in [0.5, 0.6) is 5.75 Å². The number of halogens is 3. The molecule has 1 heterocycles. The van der Waals surface area contributed by atoms with Crippen LogP contribution in [0.15, 0.2) is 48.7 Å². The first-order valence-corrected chi connectivity index (χ1v) is 9.82. The third-order valence-electron chi connectivity index (χ3n) is 4.86. The fourth-order valence-corrected chi connectivity index (χ4v) is 3.62. The van der Waals surface area contributed by atoms with Crippen LogP contribution in [0.4, 0.5) is 13.2 Å². The quantitative estimate of drug-likeness (QED) is 0.445. The molecule has 0 amide bonds. The number of alkyl halides is 3. The molecule has 0 unspecified atom stereocenters. The first kappa shape index (κ1) is 21.6. The molecule has 3 nitrogen and oxygen atoms in total. The zero-order chi connectivity index (χ0) is 21.9. The summed E-state index contributed by atoms with van der Waals surface area (Å²) in [6.45, 7) is 6.35. The predicted octanol–water partition coefficient (Wildman–Crippen LogP) is 6.85. The van der Waals surface area contributed by atoms with Crippen molar-refractivity contribution in [1.82, 2.24) is 4.98 Å². The molecule has 3 rings (SSSR count). The number of ether oxygens (including phenoxy) is 1. The lowest BCUT2D eigenvalue weighted by Gasteiger charge is -2.19. The standard InChI is InChI=1S/C24H23F3N2O/c1-15(2)10-16(3)14-30-23-7-5-18(12-21(23)24(25,26)27)19-8-9-29-22-11-17(13-28)4-6-20(19)22/h4-9,11-12,15-16H,10,14H2,1-3H3/t16-/m1/s1. The van der Waals surface area contributed by atoms with E-state index in [0.717, 1.165) is 12.5 Å². The molecule has 0 bridgehead atoms. The van der Waals surface area contributed by atoms with Crippen molar-refractivity contribution < 1.29 is 17.9 Å². The van der Waals surface area contributed by atoms with Crippen LogP contribution in [-0.2, 0) is 6.18 Å². The summed E-state index contributed by atoms with van der Waals surface area (Å²) < 4.78 is 46.9. The lowest BCUT2D eigenvalue weighted by molar-refractivity contribution is -0.139. The second kappa shape index (κ2) is 8.74. The van der Waals surface area contributed by atoms with E-state index in [0.29, 0.717) is 33.5 Å². The third kappa shape index (κ3) is 4.91. The first-order valence-electron chi connectivity index (χ1n) is 9.82. The largest absolute Gasteiger partial charge is 0.493 e. The van der Waals surface area contributed by atoms with Gasteiger partial charge < -0.3 is 4.74 Å². The zero-order valence-electron chi connectivity index (χ0n) is 17.1. The third-order valence-corrected chi connectivity index (χ3v) is 4.86. The summed E-state index contributed by atoms with van der Waals surface area (Å²) in [6.07, 6.45) is -2.12. The molecule has 0 aliphatic carbocycles. The van der Waals surface area contributed by atoms with E-state index in [1.165, 1.54) is 12.3 Å². The molecule has 0 fully saturated rings. The van der Waals surface area contributed by atoms with Crippen LogP contribution in [0.1, 0.15) is 38.3 Å². The fourth-order valence-electron chi connectivity index (χ4n) is 3.62. The summed E-state index contributed by atoms with van der Waals surface area (Å²) in [5, 5.41) is 9.74. The Kier molecular flexibility index (Phi) is 6.31. The normalized spacial score (nSPS) is 12.7. The van der Waals surface area contributed by atoms with E-state index < -0.39 is 11.7 Å². The average molecular weight is 412 g/mol. The molecule has 1 atom stereocenters. The molecular weight excluding hydrogens is 389 g/mol. The van der Waals surface area contributed by atoms with Crippen LogP contribution in [0.2, 0.25) is 0 Å². The van der Waals surface area contributed by atoms with Crippen molar-refractivity contribution >= 4 is 10.9 Å². The maximum atomic E-state index is 13.8. The number of hydrogen-bond acceptors (Lipinski definition) is 3. The van der Waals surface area contributed by atoms with Crippen molar-refractivity contribution in [1.29, 1.82) is 5.26 Å². The minimum absolute atomic E-state index is 0.157. The van der Waals surface area contributed by atoms with Crippen molar-refractivity contribution in [2.24, 2.45) is 11.8 Å². The molecule has 30 heavy (non-hydrogen) atoms. The van der Waals surface area contributed by atoms with Crippen LogP contribution >= 0.6 is 0 Å². The molecule has 1 aromatic heterocycles. The molecule has 0 radical (unpaired) electrons. The molecule has 0 N–H and O–H groups in total. The number of fused-ring (bicyclic) bond motifs is 1. The highest BCUT2D eigenvalue weighted by Gasteiger charge is 2.35. The summed E-state index contributed by atoms with van der Waals surface area (Å²) in [5.74, 6) is 0.450. The summed E-state index contributed by atoms with van der Waals surface area (Å²) >= 11 is 0. The average Bonchev–Trinajstić information content (AvgIpc) is 2.70. The van der Waals surface area contributed by atoms with E-state index in [1.54, 1.807) is 30.3 Å². The number of benzene rings is 2. The van der Waals surface area contributed by atoms with Gasteiger partial charge in [0.25, 0.3) is 0 Å². The molecule has 0 saturated carbocycles. The number of rotatable bonds is 6. The number of nitriles is 1. The molecule has 0 aliphatic rings. The van der Waals surface area contributed by atoms with Gasteiger partial charge in [-0.15, -0.1) is 0 Å². The second-order valence-electron chi connectivity index (χ2n) is 7.96. The lowest BCUT2D eigenvalue weighted by Crippen LogP contribution is -2.14. The van der Waals surface area contributed by atoms with Gasteiger partial charge in [-0.3, -0.25) is 4.98 Å². The molecule has 0 spiro atoms. The fraction of sp³-hybridized carbons (Fsp3) is 0.333. The molecule has 6 heteroatoms. The van der Waals surface area contributed by atoms with Gasteiger partial charge in [-0.05, 0) is 59.7 Å². The van der Waals surface area contributed by atoms with Gasteiger partial charge in [0.1, 0.15) is 5.75 Å². The summed E-state index contributed by atoms with van der Waals surface area (Å²) in [7, 11) is 0. The van der Waals surface area contributed by atoms with E-state index in [4.69, 9.17) is 10.00 Å². The van der Waals surface area contributed by atoms with Crippen LogP contribution in [0.3, 0.4) is 0 Å². The summed E-state index contributed by atoms with van der Waals surface area (Å²) in [5.41, 5.74) is 1.25. The number of aromatic nitrogens is 1. The van der Waals surface area contributed by atoms with Crippen molar-refractivity contribution in [3.05, 3.63) is 59.8 Å². The Labute approximate surface area is 174 Å². The highest BCUT2D eigenvalue weighted by atomic mass is 19.4. The van der Waals surface area contributed by atoms with Crippen molar-refractivity contribution in [2.75, 3.05) is 6.61 Å². The number of pyridine rings is 1. The van der Waals surface area contributed by atoms with Crippen molar-refractivity contribution in [2.45, 2.75) is 33.4 Å². The Morgan fingerprint density at radius 1 is 1.07 bits per heavy atom. The Hall–Kier alpha value is -3.07. The minimum Gasteiger partial charge on any atom is -0.493 e. The van der Waals surface area contributed by atoms with Crippen LogP contribution < -0.4 is 4.74 Å². The van der Waals surface area contributed by atoms with Crippen LogP contribution in [0, 0.1) is 23.2 Å². The van der Waals surface area contributed by atoms with E-state index in [9.17, 15) is 13.2 Å². The van der Waals surface area contributed by atoms with Gasteiger partial charge in [0.15, 0.2) is 0 Å². The van der Waals surface area contributed by atoms with Gasteiger partial charge in [-0.25, -0.2) is 0 Å². The Bertz CT molecular complexity index is 1080. The van der Waals surface area contributed by atoms with E-state index in [2.05, 4.69) is 18.8 Å². The second-order valence-corrected chi connectivity index (χ2v) is 7.96. The molecule has 0 saturated heterocycles. The van der Waals surface area contributed by atoms with Crippen LogP contribution in [-0.4, -0.2) is 11.6 Å². The molecule has 3 aromatic rings. The molecule has 156 valence electrons. The van der Waals surface area contributed by atoms with E-state index >= 15 is 0 Å². The molecule has 2 aromatic carbocycles. The number of nitrogens with zero attached hydrogens (tertiary/aromatic N) is 2. The smallest absolute Gasteiger partial charge is 0.419 e. The van der Waals surface area contributed by atoms with Crippen molar-refractivity contribution in [3.8, 4) is 22.9 Å². The van der Waals surface area contributed by atoms with Gasteiger partial charge in [-0.2, -0.15) is 18.4 Å². The highest BCUT2D eigenvalue weighted by molar-refractivity contribution is 5.95.